The summed E-state index contributed by atoms with van der Waals surface area (Å²) < 4.78 is 6.09. The molecule has 2 aliphatic rings. The minimum absolute atomic E-state index is 0.0434. The van der Waals surface area contributed by atoms with Crippen molar-refractivity contribution in [1.82, 2.24) is 9.80 Å². The third-order valence-electron chi connectivity index (χ3n) is 9.24. The molecule has 2 fully saturated rings. The number of esters is 1. The van der Waals surface area contributed by atoms with Crippen LogP contribution in [0.1, 0.15) is 76.8 Å². The number of benzene rings is 2. The molecule has 42 heavy (non-hydrogen) atoms. The molecule has 0 bridgehead atoms. The van der Waals surface area contributed by atoms with Gasteiger partial charge in [0.1, 0.15) is 11.9 Å². The van der Waals surface area contributed by atoms with E-state index in [1.54, 1.807) is 6.07 Å². The number of hydrogen-bond acceptors (Lipinski definition) is 5. The largest absolute Gasteiger partial charge is 0.508 e. The van der Waals surface area contributed by atoms with Gasteiger partial charge in [-0.05, 0) is 67.8 Å². The number of aryl methyl sites for hydroxylation is 1. The molecule has 4 rings (SSSR count). The Hall–Kier alpha value is -3.12. The highest BCUT2D eigenvalue weighted by atomic mass is 16.5. The Balaban J connectivity index is 1.57. The molecule has 6 nitrogen and oxygen atoms in total. The maximum atomic E-state index is 13.9. The van der Waals surface area contributed by atoms with Gasteiger partial charge in [0.25, 0.3) is 0 Å². The van der Waals surface area contributed by atoms with Gasteiger partial charge < -0.3 is 14.7 Å². The van der Waals surface area contributed by atoms with Gasteiger partial charge in [0.05, 0.1) is 0 Å². The van der Waals surface area contributed by atoms with E-state index in [4.69, 9.17) is 4.74 Å². The average Bonchev–Trinajstić information content (AvgIpc) is 2.96. The Morgan fingerprint density at radius 3 is 2.62 bits per heavy atom. The number of carbonyl (C=O) groups excluding carboxylic acids is 2. The number of unbranched alkanes of at least 4 members (excludes halogenated alkanes) is 2. The van der Waals surface area contributed by atoms with Crippen molar-refractivity contribution in [2.24, 2.45) is 11.8 Å². The van der Waals surface area contributed by atoms with Gasteiger partial charge in [-0.15, -0.1) is 6.58 Å². The van der Waals surface area contributed by atoms with E-state index in [9.17, 15) is 14.7 Å². The zero-order valence-electron chi connectivity index (χ0n) is 25.8. The summed E-state index contributed by atoms with van der Waals surface area (Å²) in [5.41, 5.74) is 2.10. The SMILES string of the molecule is C=CCN1CCC2(c3cccc(O)c3)CC(N(CC(C)C)C(=O)CCCCCc3ccccc3)CC(OC(C)=O)C2C1. The third kappa shape index (κ3) is 8.03. The number of fused-ring (bicyclic) bond motifs is 1. The fourth-order valence-electron chi connectivity index (χ4n) is 7.39. The Morgan fingerprint density at radius 1 is 1.14 bits per heavy atom. The number of piperidine rings is 1. The van der Waals surface area contributed by atoms with E-state index < -0.39 is 0 Å². The second-order valence-corrected chi connectivity index (χ2v) is 12.8. The van der Waals surface area contributed by atoms with Crippen molar-refractivity contribution in [3.8, 4) is 5.75 Å². The summed E-state index contributed by atoms with van der Waals surface area (Å²) in [5.74, 6) is 0.534. The summed E-state index contributed by atoms with van der Waals surface area (Å²) in [6.07, 6.45) is 8.45. The van der Waals surface area contributed by atoms with Gasteiger partial charge in [-0.1, -0.05) is 68.8 Å². The molecule has 2 aromatic carbocycles. The number of likely N-dealkylation sites (tertiary alicyclic amines) is 1. The highest BCUT2D eigenvalue weighted by Crippen LogP contribution is 2.51. The first-order chi connectivity index (χ1) is 20.2. The van der Waals surface area contributed by atoms with Gasteiger partial charge in [0.2, 0.25) is 5.91 Å². The van der Waals surface area contributed by atoms with Crippen LogP contribution in [0.2, 0.25) is 0 Å². The third-order valence-corrected chi connectivity index (χ3v) is 9.24. The van der Waals surface area contributed by atoms with Gasteiger partial charge in [0, 0.05) is 56.8 Å². The van der Waals surface area contributed by atoms with Gasteiger partial charge in [0.15, 0.2) is 0 Å². The number of nitrogens with zero attached hydrogens (tertiary/aromatic N) is 2. The molecule has 1 aliphatic carbocycles. The lowest BCUT2D eigenvalue weighted by molar-refractivity contribution is -0.161. The molecule has 0 radical (unpaired) electrons. The monoisotopic (exact) mass is 574 g/mol. The predicted molar refractivity (Wildman–Crippen MR) is 168 cm³/mol. The predicted octanol–water partition coefficient (Wildman–Crippen LogP) is 6.52. The number of carbonyl (C=O) groups is 2. The molecule has 1 saturated heterocycles. The summed E-state index contributed by atoms with van der Waals surface area (Å²) in [5, 5.41) is 10.5. The van der Waals surface area contributed by atoms with Crippen molar-refractivity contribution in [3.63, 3.8) is 0 Å². The summed E-state index contributed by atoms with van der Waals surface area (Å²) in [7, 11) is 0. The van der Waals surface area contributed by atoms with E-state index in [0.29, 0.717) is 25.3 Å². The van der Waals surface area contributed by atoms with Crippen molar-refractivity contribution in [3.05, 3.63) is 78.4 Å². The van der Waals surface area contributed by atoms with E-state index in [-0.39, 0.29) is 41.1 Å². The highest BCUT2D eigenvalue weighted by Gasteiger charge is 2.54. The Labute approximate surface area is 252 Å². The molecule has 1 saturated carbocycles. The molecule has 2 aromatic rings. The van der Waals surface area contributed by atoms with Crippen molar-refractivity contribution in [2.45, 2.75) is 89.7 Å². The number of amides is 1. The number of hydrogen-bond donors (Lipinski definition) is 1. The summed E-state index contributed by atoms with van der Waals surface area (Å²) in [6, 6.07) is 18.1. The van der Waals surface area contributed by atoms with Gasteiger partial charge in [-0.25, -0.2) is 0 Å². The fourth-order valence-corrected chi connectivity index (χ4v) is 7.39. The van der Waals surface area contributed by atoms with Crippen molar-refractivity contribution >= 4 is 11.9 Å². The highest BCUT2D eigenvalue weighted by molar-refractivity contribution is 5.76. The molecule has 1 amide bonds. The molecule has 1 heterocycles. The maximum Gasteiger partial charge on any atom is 0.302 e. The second-order valence-electron chi connectivity index (χ2n) is 12.8. The number of phenols is 1. The lowest BCUT2D eigenvalue weighted by atomic mass is 9.56. The number of ether oxygens (including phenoxy) is 1. The Kier molecular flexibility index (Phi) is 11.3. The molecule has 1 N–H and O–H groups in total. The summed E-state index contributed by atoms with van der Waals surface area (Å²) in [6.45, 7) is 12.9. The molecule has 4 atom stereocenters. The fraction of sp³-hybridized carbons (Fsp3) is 0.556. The first kappa shape index (κ1) is 31.8. The van der Waals surface area contributed by atoms with Crippen LogP contribution in [0.5, 0.6) is 5.75 Å². The summed E-state index contributed by atoms with van der Waals surface area (Å²) in [4.78, 5) is 30.8. The Bertz CT molecular complexity index is 1180. The van der Waals surface area contributed by atoms with Crippen LogP contribution in [0.25, 0.3) is 0 Å². The zero-order valence-corrected chi connectivity index (χ0v) is 25.8. The van der Waals surface area contributed by atoms with Gasteiger partial charge >= 0.3 is 5.97 Å². The van der Waals surface area contributed by atoms with E-state index in [1.165, 1.54) is 12.5 Å². The molecule has 228 valence electrons. The second kappa shape index (κ2) is 14.9. The van der Waals surface area contributed by atoms with Crippen molar-refractivity contribution in [2.75, 3.05) is 26.2 Å². The molecular formula is C36H50N2O4. The van der Waals surface area contributed by atoms with E-state index in [1.807, 2.05) is 24.3 Å². The first-order valence-corrected chi connectivity index (χ1v) is 15.8. The minimum Gasteiger partial charge on any atom is -0.508 e. The zero-order chi connectivity index (χ0) is 30.1. The van der Waals surface area contributed by atoms with E-state index >= 15 is 0 Å². The normalized spacial score (nSPS) is 24.1. The van der Waals surface area contributed by atoms with Crippen LogP contribution in [0.4, 0.5) is 0 Å². The molecular weight excluding hydrogens is 524 g/mol. The quantitative estimate of drug-likeness (QED) is 0.168. The van der Waals surface area contributed by atoms with Crippen LogP contribution in [0.15, 0.2) is 67.3 Å². The Morgan fingerprint density at radius 2 is 1.93 bits per heavy atom. The standard InChI is InChI=1S/C36H50N2O4/c1-5-20-37-21-19-36(30-16-12-17-32(40)22-30)24-31(23-34(33(36)26-37)42-28(4)39)38(25-27(2)3)35(41)18-11-7-10-15-29-13-8-6-9-14-29/h5-6,8-9,12-14,16-17,22,27,31,33-34,40H,1,7,10-11,15,18-21,23-26H2,2-4H3. The first-order valence-electron chi connectivity index (χ1n) is 15.8. The van der Waals surface area contributed by atoms with Crippen LogP contribution < -0.4 is 0 Å². The molecule has 4 unspecified atom stereocenters. The number of rotatable bonds is 13. The smallest absolute Gasteiger partial charge is 0.302 e. The van der Waals surface area contributed by atoms with E-state index in [2.05, 4.69) is 60.6 Å². The lowest BCUT2D eigenvalue weighted by Crippen LogP contribution is -2.62. The molecule has 1 aliphatic heterocycles. The maximum absolute atomic E-state index is 13.9. The van der Waals surface area contributed by atoms with Crippen molar-refractivity contribution in [1.29, 1.82) is 0 Å². The molecule has 0 spiro atoms. The number of phenolic OH excluding ortho intramolecular Hbond substituents is 1. The van der Waals surface area contributed by atoms with E-state index in [0.717, 1.165) is 63.7 Å². The van der Waals surface area contributed by atoms with Crippen LogP contribution in [0, 0.1) is 11.8 Å². The number of aromatic hydroxyl groups is 1. The average molecular weight is 575 g/mol. The molecule has 0 aromatic heterocycles. The summed E-state index contributed by atoms with van der Waals surface area (Å²) >= 11 is 0. The van der Waals surface area contributed by atoms with Crippen LogP contribution >= 0.6 is 0 Å². The lowest BCUT2D eigenvalue weighted by Gasteiger charge is -2.56. The van der Waals surface area contributed by atoms with Gasteiger partial charge in [-0.2, -0.15) is 0 Å². The van der Waals surface area contributed by atoms with Crippen LogP contribution in [-0.2, 0) is 26.2 Å². The minimum atomic E-state index is -0.315. The van der Waals surface area contributed by atoms with Gasteiger partial charge in [-0.3, -0.25) is 14.5 Å². The topological polar surface area (TPSA) is 70.1 Å². The van der Waals surface area contributed by atoms with Crippen molar-refractivity contribution < 1.29 is 19.4 Å². The van der Waals surface area contributed by atoms with Crippen LogP contribution in [0.3, 0.4) is 0 Å². The molecule has 6 heteroatoms. The van der Waals surface area contributed by atoms with Crippen LogP contribution in [-0.4, -0.2) is 65.1 Å².